The van der Waals surface area contributed by atoms with Crippen LogP contribution >= 0.6 is 0 Å². The fraction of sp³-hybridized carbons (Fsp3) is 0.480. The second-order valence-electron chi connectivity index (χ2n) is 8.30. The van der Waals surface area contributed by atoms with Gasteiger partial charge >= 0.3 is 5.97 Å². The highest BCUT2D eigenvalue weighted by molar-refractivity contribution is 5.89. The Hall–Kier alpha value is -2.33. The Bertz CT molecular complexity index is 816. The highest BCUT2D eigenvalue weighted by Gasteiger charge is 2.46. The molecule has 154 valence electrons. The molecule has 0 saturated carbocycles. The molecule has 2 atom stereocenters. The molecule has 2 aromatic rings. The summed E-state index contributed by atoms with van der Waals surface area (Å²) in [6, 6.07) is 18.0. The van der Waals surface area contributed by atoms with Gasteiger partial charge in [0.25, 0.3) is 0 Å². The van der Waals surface area contributed by atoms with Gasteiger partial charge in [0.1, 0.15) is 17.3 Å². The summed E-state index contributed by atoms with van der Waals surface area (Å²) in [4.78, 5) is 16.2. The number of hydrogen-bond acceptors (Lipinski definition) is 4. The smallest absolute Gasteiger partial charge is 0.321 e. The third-order valence-corrected chi connectivity index (χ3v) is 6.19. The van der Waals surface area contributed by atoms with Crippen molar-refractivity contribution in [2.45, 2.75) is 50.5 Å². The average molecular weight is 394 g/mol. The van der Waals surface area contributed by atoms with Crippen LogP contribution in [0.5, 0.6) is 5.75 Å². The van der Waals surface area contributed by atoms with Crippen molar-refractivity contribution in [3.8, 4) is 5.75 Å². The van der Waals surface area contributed by atoms with Crippen LogP contribution in [0.25, 0.3) is 0 Å². The first-order chi connectivity index (χ1) is 14.2. The van der Waals surface area contributed by atoms with Crippen LogP contribution in [0.4, 0.5) is 0 Å². The topological polar surface area (TPSA) is 38.8 Å². The van der Waals surface area contributed by atoms with Crippen LogP contribution in [0.3, 0.4) is 0 Å². The summed E-state index contributed by atoms with van der Waals surface area (Å²) in [6.07, 6.45) is 5.12. The zero-order chi connectivity index (χ0) is 20.1. The van der Waals surface area contributed by atoms with Gasteiger partial charge in [0.05, 0.1) is 6.61 Å². The van der Waals surface area contributed by atoms with Crippen LogP contribution in [0.1, 0.15) is 50.2 Å². The van der Waals surface area contributed by atoms with E-state index in [-0.39, 0.29) is 12.1 Å². The molecule has 0 N–H and O–H groups in total. The van der Waals surface area contributed by atoms with Crippen molar-refractivity contribution in [1.29, 1.82) is 0 Å². The molecule has 2 unspecified atom stereocenters. The van der Waals surface area contributed by atoms with E-state index in [1.165, 1.54) is 19.3 Å². The number of piperidine rings is 1. The Labute approximate surface area is 173 Å². The minimum atomic E-state index is -0.829. The lowest BCUT2D eigenvalue weighted by molar-refractivity contribution is -0.155. The molecule has 0 radical (unpaired) electrons. The van der Waals surface area contributed by atoms with Crippen LogP contribution in [0.2, 0.25) is 0 Å². The molecule has 0 aliphatic carbocycles. The minimum Gasteiger partial charge on any atom is -0.493 e. The van der Waals surface area contributed by atoms with Gasteiger partial charge in [-0.15, -0.1) is 0 Å². The second kappa shape index (κ2) is 9.00. The fourth-order valence-corrected chi connectivity index (χ4v) is 4.78. The van der Waals surface area contributed by atoms with Gasteiger partial charge in [0, 0.05) is 12.1 Å². The van der Waals surface area contributed by atoms with Crippen molar-refractivity contribution < 1.29 is 14.3 Å². The van der Waals surface area contributed by atoms with Gasteiger partial charge in [-0.1, -0.05) is 55.0 Å². The number of ether oxygens (including phenoxy) is 2. The number of likely N-dealkylation sites (tertiary alicyclic amines) is 1. The summed E-state index contributed by atoms with van der Waals surface area (Å²) in [6.45, 7) is 5.63. The molecule has 2 aliphatic rings. The van der Waals surface area contributed by atoms with Gasteiger partial charge in [-0.2, -0.15) is 0 Å². The number of hydrogen-bond donors (Lipinski definition) is 0. The van der Waals surface area contributed by atoms with E-state index in [2.05, 4.69) is 4.90 Å². The number of carbonyl (C=O) groups is 1. The Morgan fingerprint density at radius 2 is 1.76 bits per heavy atom. The first-order valence-electron chi connectivity index (χ1n) is 10.9. The lowest BCUT2D eigenvalue weighted by Crippen LogP contribution is -2.43. The zero-order valence-corrected chi connectivity index (χ0v) is 17.3. The summed E-state index contributed by atoms with van der Waals surface area (Å²) < 4.78 is 12.1. The van der Waals surface area contributed by atoms with Crippen molar-refractivity contribution in [2.75, 3.05) is 26.2 Å². The number of rotatable bonds is 5. The summed E-state index contributed by atoms with van der Waals surface area (Å²) >= 11 is 0. The quantitative estimate of drug-likeness (QED) is 0.698. The van der Waals surface area contributed by atoms with Crippen LogP contribution in [-0.2, 0) is 14.9 Å². The van der Waals surface area contributed by atoms with Crippen LogP contribution in [0, 0.1) is 0 Å². The van der Waals surface area contributed by atoms with E-state index >= 15 is 0 Å². The highest BCUT2D eigenvalue weighted by atomic mass is 16.5. The third kappa shape index (κ3) is 4.18. The van der Waals surface area contributed by atoms with E-state index in [1.807, 2.05) is 61.5 Å². The highest BCUT2D eigenvalue weighted by Crippen LogP contribution is 2.44. The van der Waals surface area contributed by atoms with Crippen LogP contribution in [-0.4, -0.2) is 43.2 Å². The van der Waals surface area contributed by atoms with Gasteiger partial charge in [0.15, 0.2) is 0 Å². The zero-order valence-electron chi connectivity index (χ0n) is 17.3. The minimum absolute atomic E-state index is 0.141. The number of nitrogens with zero attached hydrogens (tertiary/aromatic N) is 1. The lowest BCUT2D eigenvalue weighted by atomic mass is 9.71. The van der Waals surface area contributed by atoms with Crippen molar-refractivity contribution in [2.24, 2.45) is 0 Å². The SMILES string of the molecule is CC(CN1CCCCC1)OC(=O)C1(c2ccccc2)CCCOc2ccccc21. The first-order valence-corrected chi connectivity index (χ1v) is 10.9. The van der Waals surface area contributed by atoms with E-state index in [9.17, 15) is 4.79 Å². The molecule has 0 aromatic heterocycles. The maximum absolute atomic E-state index is 13.8. The molecule has 1 saturated heterocycles. The predicted molar refractivity (Wildman–Crippen MR) is 114 cm³/mol. The number of esters is 1. The molecule has 0 bridgehead atoms. The largest absolute Gasteiger partial charge is 0.493 e. The average Bonchev–Trinajstić information content (AvgIpc) is 2.95. The predicted octanol–water partition coefficient (Wildman–Crippen LogP) is 4.56. The van der Waals surface area contributed by atoms with E-state index in [0.717, 1.165) is 42.9 Å². The normalized spacial score (nSPS) is 23.3. The molecule has 29 heavy (non-hydrogen) atoms. The van der Waals surface area contributed by atoms with Gasteiger partial charge in [-0.25, -0.2) is 0 Å². The van der Waals surface area contributed by atoms with E-state index in [1.54, 1.807) is 0 Å². The maximum atomic E-state index is 13.8. The number of fused-ring (bicyclic) bond motifs is 1. The van der Waals surface area contributed by atoms with E-state index in [0.29, 0.717) is 13.0 Å². The first kappa shape index (κ1) is 20.0. The molecule has 0 amide bonds. The lowest BCUT2D eigenvalue weighted by Gasteiger charge is -2.34. The fourth-order valence-electron chi connectivity index (χ4n) is 4.78. The van der Waals surface area contributed by atoms with E-state index < -0.39 is 5.41 Å². The third-order valence-electron chi connectivity index (χ3n) is 6.19. The molecule has 2 aliphatic heterocycles. The Morgan fingerprint density at radius 1 is 1.03 bits per heavy atom. The molecular formula is C25H31NO3. The molecule has 2 heterocycles. The van der Waals surface area contributed by atoms with Crippen molar-refractivity contribution in [1.82, 2.24) is 4.90 Å². The van der Waals surface area contributed by atoms with Gasteiger partial charge < -0.3 is 9.47 Å². The summed E-state index contributed by atoms with van der Waals surface area (Å²) in [5.41, 5.74) is 1.07. The summed E-state index contributed by atoms with van der Waals surface area (Å²) in [7, 11) is 0. The maximum Gasteiger partial charge on any atom is 0.321 e. The van der Waals surface area contributed by atoms with Crippen molar-refractivity contribution >= 4 is 5.97 Å². The van der Waals surface area contributed by atoms with Crippen molar-refractivity contribution in [3.05, 3.63) is 65.7 Å². The molecule has 4 rings (SSSR count). The van der Waals surface area contributed by atoms with Gasteiger partial charge in [-0.3, -0.25) is 9.69 Å². The Morgan fingerprint density at radius 3 is 2.55 bits per heavy atom. The van der Waals surface area contributed by atoms with Crippen LogP contribution < -0.4 is 4.74 Å². The van der Waals surface area contributed by atoms with Gasteiger partial charge in [-0.05, 0) is 57.3 Å². The Kier molecular flexibility index (Phi) is 6.19. The molecule has 0 spiro atoms. The molecule has 4 nitrogen and oxygen atoms in total. The number of carbonyl (C=O) groups excluding carboxylic acids is 1. The molecule has 2 aromatic carbocycles. The molecule has 1 fully saturated rings. The van der Waals surface area contributed by atoms with Crippen molar-refractivity contribution in [3.63, 3.8) is 0 Å². The van der Waals surface area contributed by atoms with Gasteiger partial charge in [0.2, 0.25) is 0 Å². The van der Waals surface area contributed by atoms with Crippen LogP contribution in [0.15, 0.2) is 54.6 Å². The Balaban J connectivity index is 1.65. The second-order valence-corrected chi connectivity index (χ2v) is 8.30. The standard InChI is InChI=1S/C25H31NO3/c1-20(19-26-16-8-3-9-17-26)29-24(27)25(21-11-4-2-5-12-21)15-10-18-28-23-14-7-6-13-22(23)25/h2,4-7,11-14,20H,3,8-10,15-19H2,1H3. The summed E-state index contributed by atoms with van der Waals surface area (Å²) in [5.74, 6) is 0.626. The van der Waals surface area contributed by atoms with E-state index in [4.69, 9.17) is 9.47 Å². The summed E-state index contributed by atoms with van der Waals surface area (Å²) in [5, 5.41) is 0. The number of benzene rings is 2. The molecule has 4 heteroatoms. The monoisotopic (exact) mass is 393 g/mol. The number of para-hydroxylation sites is 1. The molecular weight excluding hydrogens is 362 g/mol.